The molecule has 0 saturated heterocycles. The van der Waals surface area contributed by atoms with Crippen molar-refractivity contribution in [3.63, 3.8) is 0 Å². The molecule has 0 radical (unpaired) electrons. The highest BCUT2D eigenvalue weighted by molar-refractivity contribution is 9.10. The van der Waals surface area contributed by atoms with Crippen molar-refractivity contribution in [3.8, 4) is 5.75 Å². The Morgan fingerprint density at radius 2 is 1.86 bits per heavy atom. The number of rotatable bonds is 3. The first-order valence-electron chi connectivity index (χ1n) is 5.75. The van der Waals surface area contributed by atoms with E-state index >= 15 is 0 Å². The van der Waals surface area contributed by atoms with Gasteiger partial charge in [0.1, 0.15) is 5.75 Å². The van der Waals surface area contributed by atoms with E-state index in [0.717, 1.165) is 6.26 Å². The molecule has 0 fully saturated rings. The summed E-state index contributed by atoms with van der Waals surface area (Å²) in [5, 5.41) is 0.484. The molecular formula is C14H10BrClO4S. The standard InChI is InChI=1S/C14H10BrClO4S/c1-21(18,19)13-5-3-2-4-10(13)14(17)20-12-7-6-9(16)8-11(12)15/h2-8H,1H3. The highest BCUT2D eigenvalue weighted by atomic mass is 79.9. The minimum Gasteiger partial charge on any atom is -0.422 e. The number of carbonyl (C=O) groups excluding carboxylic acids is 1. The minimum absolute atomic E-state index is 0.0122. The molecule has 110 valence electrons. The van der Waals surface area contributed by atoms with E-state index in [0.29, 0.717) is 9.50 Å². The van der Waals surface area contributed by atoms with E-state index in [1.165, 1.54) is 18.2 Å². The van der Waals surface area contributed by atoms with Crippen molar-refractivity contribution in [2.75, 3.05) is 6.26 Å². The second-order valence-corrected chi connectivity index (χ2v) is 7.51. The molecule has 0 bridgehead atoms. The Labute approximate surface area is 135 Å². The molecular weight excluding hydrogens is 380 g/mol. The Bertz CT molecular complexity index is 802. The number of esters is 1. The predicted molar refractivity (Wildman–Crippen MR) is 83.7 cm³/mol. The Balaban J connectivity index is 2.38. The molecule has 0 amide bonds. The number of sulfone groups is 1. The summed E-state index contributed by atoms with van der Waals surface area (Å²) < 4.78 is 29.1. The Kier molecular flexibility index (Phi) is 4.70. The van der Waals surface area contributed by atoms with Crippen molar-refractivity contribution in [1.82, 2.24) is 0 Å². The smallest absolute Gasteiger partial charge is 0.344 e. The molecule has 2 rings (SSSR count). The van der Waals surface area contributed by atoms with Gasteiger partial charge >= 0.3 is 5.97 Å². The third kappa shape index (κ3) is 3.84. The molecule has 0 aliphatic carbocycles. The number of ether oxygens (including phenoxy) is 1. The lowest BCUT2D eigenvalue weighted by atomic mass is 10.2. The molecule has 4 nitrogen and oxygen atoms in total. The monoisotopic (exact) mass is 388 g/mol. The van der Waals surface area contributed by atoms with Crippen LogP contribution in [0.15, 0.2) is 51.8 Å². The Hall–Kier alpha value is -1.37. The molecule has 2 aromatic carbocycles. The van der Waals surface area contributed by atoms with Crippen LogP contribution in [0.25, 0.3) is 0 Å². The summed E-state index contributed by atoms with van der Waals surface area (Å²) in [6.45, 7) is 0. The van der Waals surface area contributed by atoms with Crippen LogP contribution in [0.5, 0.6) is 5.75 Å². The molecule has 0 spiro atoms. The molecule has 0 aromatic heterocycles. The lowest BCUT2D eigenvalue weighted by Crippen LogP contribution is -2.13. The fourth-order valence-electron chi connectivity index (χ4n) is 1.67. The van der Waals surface area contributed by atoms with E-state index in [4.69, 9.17) is 16.3 Å². The van der Waals surface area contributed by atoms with Crippen molar-refractivity contribution < 1.29 is 17.9 Å². The minimum atomic E-state index is -3.52. The molecule has 0 aliphatic heterocycles. The van der Waals surface area contributed by atoms with Crippen LogP contribution < -0.4 is 4.74 Å². The van der Waals surface area contributed by atoms with Gasteiger partial charge in [0.2, 0.25) is 0 Å². The van der Waals surface area contributed by atoms with E-state index in [-0.39, 0.29) is 16.2 Å². The first kappa shape index (κ1) is 16.0. The van der Waals surface area contributed by atoms with E-state index in [1.807, 2.05) is 0 Å². The fourth-order valence-corrected chi connectivity index (χ4v) is 3.31. The number of halogens is 2. The summed E-state index contributed by atoms with van der Waals surface area (Å²) in [5.41, 5.74) is -0.0122. The molecule has 0 N–H and O–H groups in total. The van der Waals surface area contributed by atoms with E-state index in [2.05, 4.69) is 15.9 Å². The number of hydrogen-bond donors (Lipinski definition) is 0. The third-order valence-electron chi connectivity index (χ3n) is 2.60. The topological polar surface area (TPSA) is 60.4 Å². The highest BCUT2D eigenvalue weighted by Gasteiger charge is 2.20. The van der Waals surface area contributed by atoms with Crippen molar-refractivity contribution in [2.24, 2.45) is 0 Å². The average molecular weight is 390 g/mol. The zero-order chi connectivity index (χ0) is 15.6. The van der Waals surface area contributed by atoms with Gasteiger partial charge in [-0.05, 0) is 46.3 Å². The van der Waals surface area contributed by atoms with Crippen LogP contribution in [-0.4, -0.2) is 20.6 Å². The van der Waals surface area contributed by atoms with E-state index in [9.17, 15) is 13.2 Å². The maximum Gasteiger partial charge on any atom is 0.344 e. The zero-order valence-electron chi connectivity index (χ0n) is 10.8. The van der Waals surface area contributed by atoms with Gasteiger partial charge in [-0.15, -0.1) is 0 Å². The van der Waals surface area contributed by atoms with Gasteiger partial charge in [0.05, 0.1) is 14.9 Å². The number of hydrogen-bond acceptors (Lipinski definition) is 4. The second-order valence-electron chi connectivity index (χ2n) is 4.23. The summed E-state index contributed by atoms with van der Waals surface area (Å²) in [6, 6.07) is 10.6. The fraction of sp³-hybridized carbons (Fsp3) is 0.0714. The number of carbonyl (C=O) groups is 1. The summed E-state index contributed by atoms with van der Waals surface area (Å²) >= 11 is 9.03. The molecule has 0 heterocycles. The Morgan fingerprint density at radius 1 is 1.19 bits per heavy atom. The van der Waals surface area contributed by atoms with Crippen LogP contribution in [0.3, 0.4) is 0 Å². The third-order valence-corrected chi connectivity index (χ3v) is 4.61. The average Bonchev–Trinajstić information content (AvgIpc) is 2.41. The SMILES string of the molecule is CS(=O)(=O)c1ccccc1C(=O)Oc1ccc(Cl)cc1Br. The summed E-state index contributed by atoms with van der Waals surface area (Å²) in [7, 11) is -3.52. The van der Waals surface area contributed by atoms with Gasteiger partial charge in [0.15, 0.2) is 9.84 Å². The highest BCUT2D eigenvalue weighted by Crippen LogP contribution is 2.29. The van der Waals surface area contributed by atoms with Gasteiger partial charge in [-0.1, -0.05) is 23.7 Å². The lowest BCUT2D eigenvalue weighted by Gasteiger charge is -2.09. The van der Waals surface area contributed by atoms with Gasteiger partial charge in [0, 0.05) is 11.3 Å². The van der Waals surface area contributed by atoms with Gasteiger partial charge < -0.3 is 4.74 Å². The maximum atomic E-state index is 12.2. The van der Waals surface area contributed by atoms with Crippen LogP contribution in [0.4, 0.5) is 0 Å². The Morgan fingerprint density at radius 3 is 2.48 bits per heavy atom. The molecule has 0 atom stereocenters. The quantitative estimate of drug-likeness (QED) is 0.593. The molecule has 21 heavy (non-hydrogen) atoms. The predicted octanol–water partition coefficient (Wildman–Crippen LogP) is 3.73. The van der Waals surface area contributed by atoms with Crippen LogP contribution in [0, 0.1) is 0 Å². The first-order chi connectivity index (χ1) is 9.79. The van der Waals surface area contributed by atoms with Gasteiger partial charge in [-0.3, -0.25) is 0 Å². The van der Waals surface area contributed by atoms with E-state index in [1.54, 1.807) is 24.3 Å². The largest absolute Gasteiger partial charge is 0.422 e. The van der Waals surface area contributed by atoms with Crippen LogP contribution >= 0.6 is 27.5 Å². The normalized spacial score (nSPS) is 11.2. The summed E-state index contributed by atoms with van der Waals surface area (Å²) in [5.74, 6) is -0.494. The molecule has 0 unspecified atom stereocenters. The number of benzene rings is 2. The molecule has 0 aliphatic rings. The van der Waals surface area contributed by atoms with Crippen LogP contribution in [0.1, 0.15) is 10.4 Å². The zero-order valence-corrected chi connectivity index (χ0v) is 14.0. The summed E-state index contributed by atoms with van der Waals surface area (Å²) in [6.07, 6.45) is 1.04. The van der Waals surface area contributed by atoms with Gasteiger partial charge in [-0.2, -0.15) is 0 Å². The first-order valence-corrected chi connectivity index (χ1v) is 8.81. The van der Waals surface area contributed by atoms with Gasteiger partial charge in [0.25, 0.3) is 0 Å². The van der Waals surface area contributed by atoms with Crippen LogP contribution in [0.2, 0.25) is 5.02 Å². The van der Waals surface area contributed by atoms with Crippen molar-refractivity contribution in [3.05, 3.63) is 57.5 Å². The van der Waals surface area contributed by atoms with Crippen molar-refractivity contribution >= 4 is 43.3 Å². The molecule has 2 aromatic rings. The van der Waals surface area contributed by atoms with Crippen molar-refractivity contribution in [2.45, 2.75) is 4.90 Å². The molecule has 0 saturated carbocycles. The van der Waals surface area contributed by atoms with Gasteiger partial charge in [-0.25, -0.2) is 13.2 Å². The lowest BCUT2D eigenvalue weighted by molar-refractivity contribution is 0.0729. The maximum absolute atomic E-state index is 12.2. The summed E-state index contributed by atoms with van der Waals surface area (Å²) in [4.78, 5) is 12.1. The van der Waals surface area contributed by atoms with Crippen molar-refractivity contribution in [1.29, 1.82) is 0 Å². The van der Waals surface area contributed by atoms with Crippen LogP contribution in [-0.2, 0) is 9.84 Å². The molecule has 7 heteroatoms. The second kappa shape index (κ2) is 6.17. The van der Waals surface area contributed by atoms with E-state index < -0.39 is 15.8 Å².